The van der Waals surface area contributed by atoms with Crippen LogP contribution in [-0.2, 0) is 6.42 Å². The summed E-state index contributed by atoms with van der Waals surface area (Å²) in [5.41, 5.74) is 2.49. The van der Waals surface area contributed by atoms with Gasteiger partial charge in [-0.25, -0.2) is 0 Å². The molecular formula is C25H21BO3. The average Bonchev–Trinajstić information content (AvgIpc) is 2.77. The van der Waals surface area contributed by atoms with Crippen molar-refractivity contribution in [3.63, 3.8) is 0 Å². The van der Waals surface area contributed by atoms with E-state index in [1.54, 1.807) is 0 Å². The Hall–Kier alpha value is -3.66. The molecule has 4 heteroatoms. The summed E-state index contributed by atoms with van der Waals surface area (Å²) in [5, 5.41) is 0. The van der Waals surface area contributed by atoms with Crippen LogP contribution in [0.4, 0.5) is 0 Å². The lowest BCUT2D eigenvalue weighted by Crippen LogP contribution is -2.36. The quantitative estimate of drug-likeness (QED) is 0.362. The predicted molar refractivity (Wildman–Crippen MR) is 116 cm³/mol. The highest BCUT2D eigenvalue weighted by Gasteiger charge is 2.30. The Morgan fingerprint density at radius 1 is 0.414 bits per heavy atom. The molecule has 0 unspecified atom stereocenters. The number of rotatable bonds is 8. The van der Waals surface area contributed by atoms with E-state index in [2.05, 4.69) is 36.4 Å². The number of hydrogen-bond donors (Lipinski definition) is 0. The van der Waals surface area contributed by atoms with E-state index in [0.29, 0.717) is 17.2 Å². The van der Waals surface area contributed by atoms with E-state index in [1.807, 2.05) is 78.9 Å². The van der Waals surface area contributed by atoms with Crippen molar-refractivity contribution in [1.82, 2.24) is 0 Å². The molecule has 0 fully saturated rings. The first-order valence-corrected chi connectivity index (χ1v) is 9.58. The van der Waals surface area contributed by atoms with Gasteiger partial charge in [-0.2, -0.15) is 0 Å². The van der Waals surface area contributed by atoms with E-state index in [4.69, 9.17) is 14.0 Å². The van der Waals surface area contributed by atoms with Gasteiger partial charge in [-0.1, -0.05) is 78.9 Å². The van der Waals surface area contributed by atoms with Crippen LogP contribution >= 0.6 is 0 Å². The summed E-state index contributed by atoms with van der Waals surface area (Å²) in [6.07, 6.45) is 0.881. The van der Waals surface area contributed by atoms with E-state index < -0.39 is 7.32 Å². The Balaban J connectivity index is 1.46. The molecule has 0 aliphatic rings. The maximum Gasteiger partial charge on any atom is 0.864 e. The highest BCUT2D eigenvalue weighted by molar-refractivity contribution is 6.39. The lowest BCUT2D eigenvalue weighted by molar-refractivity contribution is 0.307. The third kappa shape index (κ3) is 5.66. The monoisotopic (exact) mass is 380 g/mol. The highest BCUT2D eigenvalue weighted by Crippen LogP contribution is 2.19. The second kappa shape index (κ2) is 9.51. The molecule has 0 amide bonds. The predicted octanol–water partition coefficient (Wildman–Crippen LogP) is 5.80. The molecule has 0 N–H and O–H groups in total. The first kappa shape index (κ1) is 18.7. The molecule has 142 valence electrons. The third-order valence-electron chi connectivity index (χ3n) is 4.36. The fraction of sp³-hybridized carbons (Fsp3) is 0.0400. The molecule has 0 saturated carbocycles. The van der Waals surface area contributed by atoms with E-state index in [-0.39, 0.29) is 0 Å². The summed E-state index contributed by atoms with van der Waals surface area (Å²) < 4.78 is 17.8. The van der Waals surface area contributed by atoms with Crippen LogP contribution in [-0.4, -0.2) is 7.32 Å². The van der Waals surface area contributed by atoms with Gasteiger partial charge in [0.1, 0.15) is 17.2 Å². The molecule has 4 aromatic carbocycles. The fourth-order valence-corrected chi connectivity index (χ4v) is 2.92. The minimum Gasteiger partial charge on any atom is -0.490 e. The molecule has 0 spiro atoms. The average molecular weight is 380 g/mol. The minimum atomic E-state index is -0.903. The van der Waals surface area contributed by atoms with Crippen LogP contribution in [0.2, 0.25) is 0 Å². The van der Waals surface area contributed by atoms with E-state index in [1.165, 1.54) is 11.1 Å². The molecular weight excluding hydrogens is 359 g/mol. The first-order valence-electron chi connectivity index (χ1n) is 9.58. The van der Waals surface area contributed by atoms with Crippen LogP contribution in [0.25, 0.3) is 0 Å². The first-order chi connectivity index (χ1) is 14.3. The van der Waals surface area contributed by atoms with Gasteiger partial charge in [0.15, 0.2) is 0 Å². The van der Waals surface area contributed by atoms with Crippen molar-refractivity contribution < 1.29 is 14.0 Å². The summed E-state index contributed by atoms with van der Waals surface area (Å²) in [5.74, 6) is 2.03. The van der Waals surface area contributed by atoms with Gasteiger partial charge in [0.2, 0.25) is 0 Å². The van der Waals surface area contributed by atoms with Gasteiger partial charge in [0.05, 0.1) is 0 Å². The summed E-state index contributed by atoms with van der Waals surface area (Å²) >= 11 is 0. The molecule has 3 nitrogen and oxygen atoms in total. The zero-order chi connectivity index (χ0) is 19.7. The van der Waals surface area contributed by atoms with Gasteiger partial charge in [-0.05, 0) is 53.9 Å². The van der Waals surface area contributed by atoms with E-state index in [0.717, 1.165) is 6.42 Å². The van der Waals surface area contributed by atoms with Gasteiger partial charge < -0.3 is 14.0 Å². The molecule has 0 saturated heterocycles. The number of hydrogen-bond acceptors (Lipinski definition) is 3. The molecule has 4 aromatic rings. The smallest absolute Gasteiger partial charge is 0.490 e. The van der Waals surface area contributed by atoms with E-state index in [9.17, 15) is 0 Å². The van der Waals surface area contributed by atoms with Gasteiger partial charge >= 0.3 is 7.32 Å². The van der Waals surface area contributed by atoms with Gasteiger partial charge in [-0.15, -0.1) is 0 Å². The maximum absolute atomic E-state index is 5.98. The van der Waals surface area contributed by atoms with Gasteiger partial charge in [-0.3, -0.25) is 0 Å². The molecule has 0 aliphatic heterocycles. The molecule has 0 radical (unpaired) electrons. The van der Waals surface area contributed by atoms with Crippen molar-refractivity contribution in [3.8, 4) is 17.2 Å². The second-order valence-corrected chi connectivity index (χ2v) is 6.57. The molecule has 0 bridgehead atoms. The molecule has 29 heavy (non-hydrogen) atoms. The van der Waals surface area contributed by atoms with Crippen LogP contribution in [0.3, 0.4) is 0 Å². The Labute approximate surface area is 171 Å². The van der Waals surface area contributed by atoms with Crippen molar-refractivity contribution in [2.24, 2.45) is 0 Å². The Kier molecular flexibility index (Phi) is 6.13. The summed E-state index contributed by atoms with van der Waals surface area (Å²) in [6, 6.07) is 37.4. The molecule has 0 aromatic heterocycles. The van der Waals surface area contributed by atoms with Crippen molar-refractivity contribution in [2.45, 2.75) is 6.42 Å². The fourth-order valence-electron chi connectivity index (χ4n) is 2.92. The zero-order valence-electron chi connectivity index (χ0n) is 16.0. The van der Waals surface area contributed by atoms with Gasteiger partial charge in [0.25, 0.3) is 0 Å². The Morgan fingerprint density at radius 2 is 0.793 bits per heavy atom. The zero-order valence-corrected chi connectivity index (χ0v) is 16.0. The summed E-state index contributed by atoms with van der Waals surface area (Å²) in [6.45, 7) is 0. The van der Waals surface area contributed by atoms with Crippen molar-refractivity contribution in [3.05, 3.63) is 126 Å². The lowest BCUT2D eigenvalue weighted by atomic mass is 10.0. The second-order valence-electron chi connectivity index (χ2n) is 6.57. The normalized spacial score (nSPS) is 10.2. The summed E-state index contributed by atoms with van der Waals surface area (Å²) in [4.78, 5) is 0. The Morgan fingerprint density at radius 3 is 1.28 bits per heavy atom. The van der Waals surface area contributed by atoms with Crippen molar-refractivity contribution in [1.29, 1.82) is 0 Å². The van der Waals surface area contributed by atoms with Crippen molar-refractivity contribution in [2.75, 3.05) is 0 Å². The van der Waals surface area contributed by atoms with E-state index >= 15 is 0 Å². The highest BCUT2D eigenvalue weighted by atomic mass is 16.7. The minimum absolute atomic E-state index is 0.675. The van der Waals surface area contributed by atoms with Crippen LogP contribution < -0.4 is 14.0 Å². The topological polar surface area (TPSA) is 27.7 Å². The molecule has 0 atom stereocenters. The SMILES string of the molecule is c1ccc(Cc2ccc(OB(Oc3ccccc3)Oc3ccccc3)cc2)cc1. The van der Waals surface area contributed by atoms with Crippen LogP contribution in [0, 0.1) is 0 Å². The van der Waals surface area contributed by atoms with Gasteiger partial charge in [0, 0.05) is 0 Å². The maximum atomic E-state index is 5.98. The molecule has 4 rings (SSSR count). The summed E-state index contributed by atoms with van der Waals surface area (Å²) in [7, 11) is -0.903. The van der Waals surface area contributed by atoms with Crippen molar-refractivity contribution >= 4 is 7.32 Å². The van der Waals surface area contributed by atoms with Crippen LogP contribution in [0.5, 0.6) is 17.2 Å². The largest absolute Gasteiger partial charge is 0.864 e. The standard InChI is InChI=1S/C25H21BO3/c1-4-10-21(11-5-1)20-22-16-18-25(19-17-22)29-26(27-23-12-6-2-7-13-23)28-24-14-8-3-9-15-24/h1-19H,20H2. The number of para-hydroxylation sites is 2. The van der Waals surface area contributed by atoms with Crippen LogP contribution in [0.1, 0.15) is 11.1 Å². The lowest BCUT2D eigenvalue weighted by Gasteiger charge is -2.16. The Bertz CT molecular complexity index is 949. The third-order valence-corrected chi connectivity index (χ3v) is 4.36. The number of benzene rings is 4. The molecule has 0 aliphatic carbocycles. The molecule has 0 heterocycles. The van der Waals surface area contributed by atoms with Crippen LogP contribution in [0.15, 0.2) is 115 Å².